The summed E-state index contributed by atoms with van der Waals surface area (Å²) >= 11 is 0. The quantitative estimate of drug-likeness (QED) is 0.439. The van der Waals surface area contributed by atoms with Crippen molar-refractivity contribution < 1.29 is 36.6 Å². The summed E-state index contributed by atoms with van der Waals surface area (Å²) in [5, 5.41) is 10.5. The molecule has 1 aliphatic heterocycles. The van der Waals surface area contributed by atoms with Crippen molar-refractivity contribution in [3.8, 4) is 11.3 Å². The number of hydrogen-bond donors (Lipinski definition) is 3. The van der Waals surface area contributed by atoms with Crippen LogP contribution in [0.2, 0.25) is 0 Å². The van der Waals surface area contributed by atoms with Crippen molar-refractivity contribution in [1.82, 2.24) is 14.5 Å². The third-order valence-electron chi connectivity index (χ3n) is 5.68. The molecule has 0 saturated carbocycles. The van der Waals surface area contributed by atoms with Crippen LogP contribution >= 0.6 is 0 Å². The highest BCUT2D eigenvalue weighted by atomic mass is 19.4. The Hall–Kier alpha value is -4.00. The lowest BCUT2D eigenvalue weighted by Crippen LogP contribution is -2.53. The Labute approximate surface area is 208 Å². The van der Waals surface area contributed by atoms with Gasteiger partial charge in [0.2, 0.25) is 5.91 Å². The Morgan fingerprint density at radius 2 is 1.54 bits per heavy atom. The molecule has 3 aromatic rings. The first kappa shape index (κ1) is 27.6. The Kier molecular flexibility index (Phi) is 7.86. The van der Waals surface area contributed by atoms with Crippen molar-refractivity contribution in [3.63, 3.8) is 0 Å². The van der Waals surface area contributed by atoms with Crippen LogP contribution in [0.15, 0.2) is 48.5 Å². The molecular weight excluding hydrogens is 501 g/mol. The number of aromatic nitrogens is 2. The smallest absolute Gasteiger partial charge is 0.475 e. The molecule has 13 heteroatoms. The lowest BCUT2D eigenvalue weighted by molar-refractivity contribution is -0.192. The van der Waals surface area contributed by atoms with Crippen molar-refractivity contribution in [2.45, 2.75) is 32.1 Å². The summed E-state index contributed by atoms with van der Waals surface area (Å²) in [4.78, 5) is 27.9. The van der Waals surface area contributed by atoms with Gasteiger partial charge >= 0.3 is 12.1 Å². The number of aliphatic carboxylic acids is 1. The number of nitrogens with one attached hydrogen (secondary N) is 1. The molecule has 1 aliphatic rings. The molecule has 37 heavy (non-hydrogen) atoms. The minimum Gasteiger partial charge on any atom is -0.475 e. The van der Waals surface area contributed by atoms with Gasteiger partial charge in [-0.15, -0.1) is 0 Å². The molecule has 4 rings (SSSR count). The van der Waals surface area contributed by atoms with E-state index in [1.807, 2.05) is 18.4 Å². The number of alkyl halides is 3. The number of anilines is 2. The second-order valence-electron chi connectivity index (χ2n) is 8.53. The predicted octanol–water partition coefficient (Wildman–Crippen LogP) is 4.24. The van der Waals surface area contributed by atoms with E-state index in [-0.39, 0.29) is 24.1 Å². The zero-order chi connectivity index (χ0) is 27.5. The van der Waals surface area contributed by atoms with Gasteiger partial charge in [-0.1, -0.05) is 0 Å². The highest BCUT2D eigenvalue weighted by Gasteiger charge is 2.41. The number of fused-ring (bicyclic) bond motifs is 1. The maximum atomic E-state index is 13.5. The fourth-order valence-corrected chi connectivity index (χ4v) is 3.89. The van der Waals surface area contributed by atoms with Crippen LogP contribution in [0.25, 0.3) is 11.3 Å². The summed E-state index contributed by atoms with van der Waals surface area (Å²) in [6, 6.07) is 12.1. The highest BCUT2D eigenvalue weighted by Crippen LogP contribution is 2.39. The van der Waals surface area contributed by atoms with Crippen LogP contribution < -0.4 is 11.1 Å². The molecule has 0 bridgehead atoms. The van der Waals surface area contributed by atoms with E-state index in [9.17, 15) is 26.7 Å². The Bertz CT molecular complexity index is 1270. The molecule has 0 fully saturated rings. The number of nitrogens with zero attached hydrogens (tertiary/aromatic N) is 3. The lowest BCUT2D eigenvalue weighted by atomic mass is 9.99. The zero-order valence-electron chi connectivity index (χ0n) is 19.8. The van der Waals surface area contributed by atoms with Gasteiger partial charge in [-0.3, -0.25) is 4.79 Å². The maximum absolute atomic E-state index is 13.5. The highest BCUT2D eigenvalue weighted by molar-refractivity contribution is 5.80. The molecule has 0 aliphatic carbocycles. The Morgan fingerprint density at radius 1 is 1.03 bits per heavy atom. The normalized spacial score (nSPS) is 14.3. The van der Waals surface area contributed by atoms with Gasteiger partial charge < -0.3 is 25.6 Å². The number of benzene rings is 2. The third kappa shape index (κ3) is 6.05. The van der Waals surface area contributed by atoms with Crippen molar-refractivity contribution in [2.75, 3.05) is 18.4 Å². The number of imidazole rings is 1. The number of carbonyl (C=O) groups excluding carboxylic acids is 1. The molecule has 2 heterocycles. The van der Waals surface area contributed by atoms with E-state index >= 15 is 0 Å². The van der Waals surface area contributed by atoms with Gasteiger partial charge in [-0.25, -0.2) is 18.6 Å². The largest absolute Gasteiger partial charge is 0.490 e. The van der Waals surface area contributed by atoms with Gasteiger partial charge in [0.05, 0.1) is 12.1 Å². The molecular formula is C24H24F5N5O3. The molecule has 0 radical (unpaired) electrons. The molecule has 0 spiro atoms. The minimum atomic E-state index is -5.08. The fourth-order valence-electron chi connectivity index (χ4n) is 3.89. The average molecular weight is 525 g/mol. The van der Waals surface area contributed by atoms with Crippen molar-refractivity contribution in [1.29, 1.82) is 0 Å². The fraction of sp³-hybridized carbons (Fsp3) is 0.292. The average Bonchev–Trinajstić information content (AvgIpc) is 3.20. The number of hydrogen-bond acceptors (Lipinski definition) is 5. The number of carboxylic acid groups (broad SMARTS) is 1. The lowest BCUT2D eigenvalue weighted by Gasteiger charge is -2.42. The van der Waals surface area contributed by atoms with Crippen LogP contribution in [0, 0.1) is 11.6 Å². The van der Waals surface area contributed by atoms with Crippen molar-refractivity contribution in [3.05, 3.63) is 66.0 Å². The second-order valence-corrected chi connectivity index (χ2v) is 8.53. The van der Waals surface area contributed by atoms with Gasteiger partial charge in [0.1, 0.15) is 29.0 Å². The van der Waals surface area contributed by atoms with E-state index < -0.39 is 17.7 Å². The van der Waals surface area contributed by atoms with E-state index in [0.717, 1.165) is 5.56 Å². The molecule has 0 unspecified atom stereocenters. The SMILES string of the molecule is CC1(C)c2nc(-c3ccc(F)cc3)c(Nc3ccc(F)cc3)n2CCN1C(=O)CN.O=C(O)C(F)(F)F. The number of rotatable bonds is 4. The van der Waals surface area contributed by atoms with Crippen LogP contribution in [0.3, 0.4) is 0 Å². The van der Waals surface area contributed by atoms with E-state index in [1.54, 1.807) is 29.2 Å². The first-order valence-electron chi connectivity index (χ1n) is 11.0. The number of amides is 1. The van der Waals surface area contributed by atoms with Crippen LogP contribution in [0.5, 0.6) is 0 Å². The summed E-state index contributed by atoms with van der Waals surface area (Å²) in [6.45, 7) is 4.77. The van der Waals surface area contributed by atoms with E-state index in [0.29, 0.717) is 36.1 Å². The number of carbonyl (C=O) groups is 2. The standard InChI is InChI=1S/C22H23F2N5O.C2HF3O2/c1-22(2)21-27-19(14-3-5-15(23)6-4-14)20(26-17-9-7-16(24)8-10-17)28(21)11-12-29(22)18(30)13-25;3-2(4,5)1(6)7/h3-10,26H,11-13,25H2,1-2H3;(H,6,7). The summed E-state index contributed by atoms with van der Waals surface area (Å²) in [5.41, 5.74) is 6.97. The summed E-state index contributed by atoms with van der Waals surface area (Å²) in [6.07, 6.45) is -5.08. The van der Waals surface area contributed by atoms with Gasteiger partial charge in [-0.2, -0.15) is 13.2 Å². The van der Waals surface area contributed by atoms with E-state index in [2.05, 4.69) is 5.32 Å². The summed E-state index contributed by atoms with van der Waals surface area (Å²) in [7, 11) is 0. The topological polar surface area (TPSA) is 113 Å². The second kappa shape index (κ2) is 10.5. The van der Waals surface area contributed by atoms with Crippen LogP contribution in [-0.4, -0.2) is 50.7 Å². The van der Waals surface area contributed by atoms with Crippen LogP contribution in [0.1, 0.15) is 19.7 Å². The summed E-state index contributed by atoms with van der Waals surface area (Å²) in [5.74, 6) is -2.17. The number of nitrogens with two attached hydrogens (primary N) is 1. The summed E-state index contributed by atoms with van der Waals surface area (Å²) < 4.78 is 60.6. The Balaban J connectivity index is 0.000000479. The molecule has 0 saturated heterocycles. The van der Waals surface area contributed by atoms with Crippen LogP contribution in [0.4, 0.5) is 33.5 Å². The molecule has 1 amide bonds. The van der Waals surface area contributed by atoms with Gasteiger partial charge in [-0.05, 0) is 62.4 Å². The first-order chi connectivity index (χ1) is 17.3. The number of carboxylic acids is 1. The maximum Gasteiger partial charge on any atom is 0.490 e. The molecule has 8 nitrogen and oxygen atoms in total. The zero-order valence-corrected chi connectivity index (χ0v) is 19.8. The van der Waals surface area contributed by atoms with Gasteiger partial charge in [0, 0.05) is 24.3 Å². The molecule has 4 N–H and O–H groups in total. The minimum absolute atomic E-state index is 0.0738. The van der Waals surface area contributed by atoms with Crippen LogP contribution in [-0.2, 0) is 21.7 Å². The Morgan fingerprint density at radius 3 is 2.03 bits per heavy atom. The van der Waals surface area contributed by atoms with E-state index in [4.69, 9.17) is 20.6 Å². The molecule has 198 valence electrons. The van der Waals surface area contributed by atoms with E-state index in [1.165, 1.54) is 24.3 Å². The first-order valence-corrected chi connectivity index (χ1v) is 11.0. The van der Waals surface area contributed by atoms with Crippen molar-refractivity contribution in [2.24, 2.45) is 5.73 Å². The van der Waals surface area contributed by atoms with Gasteiger partial charge in [0.25, 0.3) is 0 Å². The monoisotopic (exact) mass is 525 g/mol. The molecule has 1 aromatic heterocycles. The van der Waals surface area contributed by atoms with Gasteiger partial charge in [0.15, 0.2) is 0 Å². The number of halogens is 5. The molecule has 2 aromatic carbocycles. The third-order valence-corrected chi connectivity index (χ3v) is 5.68. The predicted molar refractivity (Wildman–Crippen MR) is 125 cm³/mol. The molecule has 0 atom stereocenters. The van der Waals surface area contributed by atoms with Crippen molar-refractivity contribution >= 4 is 23.4 Å².